The summed E-state index contributed by atoms with van der Waals surface area (Å²) in [5.74, 6) is 7.88. The van der Waals surface area contributed by atoms with Crippen molar-refractivity contribution in [1.29, 1.82) is 0 Å². The van der Waals surface area contributed by atoms with Gasteiger partial charge in [-0.25, -0.2) is 0 Å². The van der Waals surface area contributed by atoms with Gasteiger partial charge in [0.15, 0.2) is 0 Å². The molecule has 98 valence electrons. The molecule has 1 saturated carbocycles. The number of hydrogen-bond acceptors (Lipinski definition) is 1. The molecule has 1 N–H and O–H groups in total. The van der Waals surface area contributed by atoms with Gasteiger partial charge in [0.1, 0.15) is 0 Å². The largest absolute Gasteiger partial charge is 0.316 e. The molecule has 0 aromatic rings. The number of hydrogen-bond donors (Lipinski definition) is 1. The van der Waals surface area contributed by atoms with E-state index in [4.69, 9.17) is 0 Å². The van der Waals surface area contributed by atoms with Crippen molar-refractivity contribution in [2.75, 3.05) is 13.1 Å². The van der Waals surface area contributed by atoms with Crippen LogP contribution in [-0.4, -0.2) is 13.1 Å². The first-order chi connectivity index (χ1) is 8.04. The van der Waals surface area contributed by atoms with Crippen LogP contribution in [0, 0.1) is 29.1 Å². The fourth-order valence-corrected chi connectivity index (χ4v) is 2.81. The normalized spacial score (nSPS) is 25.2. The van der Waals surface area contributed by atoms with Crippen LogP contribution in [0.2, 0.25) is 0 Å². The summed E-state index contributed by atoms with van der Waals surface area (Å²) in [6.07, 6.45) is 6.66. The Balaban J connectivity index is 2.12. The van der Waals surface area contributed by atoms with Gasteiger partial charge < -0.3 is 5.32 Å². The van der Waals surface area contributed by atoms with Crippen molar-refractivity contribution in [1.82, 2.24) is 5.32 Å². The minimum atomic E-state index is 0.509. The molecule has 0 bridgehead atoms. The molecule has 0 amide bonds. The fraction of sp³-hybridized carbons (Fsp3) is 0.875. The van der Waals surface area contributed by atoms with Crippen LogP contribution in [0.3, 0.4) is 0 Å². The lowest BCUT2D eigenvalue weighted by molar-refractivity contribution is 0.149. The molecule has 0 radical (unpaired) electrons. The first-order valence-corrected chi connectivity index (χ1v) is 7.14. The van der Waals surface area contributed by atoms with Crippen LogP contribution in [0.5, 0.6) is 0 Å². The van der Waals surface area contributed by atoms with E-state index < -0.39 is 0 Å². The van der Waals surface area contributed by atoms with Crippen molar-refractivity contribution in [3.05, 3.63) is 0 Å². The lowest BCUT2D eigenvalue weighted by atomic mass is 9.70. The molecule has 0 atom stereocenters. The maximum atomic E-state index is 3.54. The van der Waals surface area contributed by atoms with Crippen molar-refractivity contribution in [3.8, 4) is 11.8 Å². The summed E-state index contributed by atoms with van der Waals surface area (Å²) >= 11 is 0. The van der Waals surface area contributed by atoms with Crippen LogP contribution in [0.4, 0.5) is 0 Å². The zero-order chi connectivity index (χ0) is 12.7. The molecular formula is C16H29N. The van der Waals surface area contributed by atoms with Gasteiger partial charge in [0.2, 0.25) is 0 Å². The van der Waals surface area contributed by atoms with Gasteiger partial charge in [0.05, 0.1) is 0 Å². The molecule has 1 nitrogen and oxygen atoms in total. The quantitative estimate of drug-likeness (QED) is 0.576. The van der Waals surface area contributed by atoms with Crippen molar-refractivity contribution >= 4 is 0 Å². The second-order valence-corrected chi connectivity index (χ2v) is 6.46. The van der Waals surface area contributed by atoms with E-state index in [9.17, 15) is 0 Å². The third-order valence-electron chi connectivity index (χ3n) is 4.11. The summed E-state index contributed by atoms with van der Waals surface area (Å²) in [5, 5.41) is 3.54. The van der Waals surface area contributed by atoms with E-state index in [0.29, 0.717) is 5.41 Å². The summed E-state index contributed by atoms with van der Waals surface area (Å²) in [4.78, 5) is 0. The summed E-state index contributed by atoms with van der Waals surface area (Å²) < 4.78 is 0. The Morgan fingerprint density at radius 2 is 1.76 bits per heavy atom. The van der Waals surface area contributed by atoms with Gasteiger partial charge in [0, 0.05) is 13.0 Å². The number of nitrogens with one attached hydrogen (secondary N) is 1. The average Bonchev–Trinajstić information content (AvgIpc) is 2.28. The summed E-state index contributed by atoms with van der Waals surface area (Å²) in [5.41, 5.74) is 0.509. The van der Waals surface area contributed by atoms with Gasteiger partial charge in [0.25, 0.3) is 0 Å². The minimum absolute atomic E-state index is 0.509. The summed E-state index contributed by atoms with van der Waals surface area (Å²) in [6.45, 7) is 11.3. The van der Waals surface area contributed by atoms with Crippen molar-refractivity contribution in [3.63, 3.8) is 0 Å². The molecule has 0 aromatic carbocycles. The van der Waals surface area contributed by atoms with Gasteiger partial charge in [-0.05, 0) is 56.4 Å². The average molecular weight is 235 g/mol. The third-order valence-corrected chi connectivity index (χ3v) is 4.11. The molecule has 1 heteroatoms. The topological polar surface area (TPSA) is 12.0 Å². The van der Waals surface area contributed by atoms with E-state index in [1.54, 1.807) is 0 Å². The Bertz CT molecular complexity index is 255. The van der Waals surface area contributed by atoms with Crippen LogP contribution in [0.1, 0.15) is 59.8 Å². The van der Waals surface area contributed by atoms with Gasteiger partial charge in [-0.1, -0.05) is 20.8 Å². The van der Waals surface area contributed by atoms with Gasteiger partial charge in [-0.15, -0.1) is 11.8 Å². The predicted molar refractivity (Wildman–Crippen MR) is 75.8 cm³/mol. The third kappa shape index (κ3) is 5.59. The Morgan fingerprint density at radius 3 is 2.29 bits per heavy atom. The molecule has 1 aliphatic carbocycles. The van der Waals surface area contributed by atoms with Crippen molar-refractivity contribution < 1.29 is 0 Å². The Kier molecular flexibility index (Phi) is 6.06. The van der Waals surface area contributed by atoms with Crippen LogP contribution >= 0.6 is 0 Å². The molecule has 17 heavy (non-hydrogen) atoms. The second kappa shape index (κ2) is 7.07. The number of rotatable bonds is 4. The highest BCUT2D eigenvalue weighted by Gasteiger charge is 2.29. The Morgan fingerprint density at radius 1 is 1.12 bits per heavy atom. The minimum Gasteiger partial charge on any atom is -0.316 e. The second-order valence-electron chi connectivity index (χ2n) is 6.46. The van der Waals surface area contributed by atoms with Crippen molar-refractivity contribution in [2.24, 2.45) is 17.3 Å². The monoisotopic (exact) mass is 235 g/mol. The zero-order valence-electron chi connectivity index (χ0n) is 12.1. The van der Waals surface area contributed by atoms with E-state index in [-0.39, 0.29) is 0 Å². The first-order valence-electron chi connectivity index (χ1n) is 7.14. The molecule has 0 aromatic heterocycles. The van der Waals surface area contributed by atoms with Gasteiger partial charge in [-0.2, -0.15) is 0 Å². The highest BCUT2D eigenvalue weighted by Crippen LogP contribution is 2.39. The maximum absolute atomic E-state index is 3.54. The summed E-state index contributed by atoms with van der Waals surface area (Å²) in [7, 11) is 0. The smallest absolute Gasteiger partial charge is 0.0214 e. The maximum Gasteiger partial charge on any atom is 0.0214 e. The van der Waals surface area contributed by atoms with E-state index in [2.05, 4.69) is 37.9 Å². The molecular weight excluding hydrogens is 206 g/mol. The molecule has 1 rings (SSSR count). The molecule has 0 unspecified atom stereocenters. The van der Waals surface area contributed by atoms with Crippen LogP contribution < -0.4 is 5.32 Å². The molecule has 1 fully saturated rings. The van der Waals surface area contributed by atoms with Crippen molar-refractivity contribution in [2.45, 2.75) is 59.8 Å². The van der Waals surface area contributed by atoms with Crippen LogP contribution in [-0.2, 0) is 0 Å². The molecule has 0 spiro atoms. The van der Waals surface area contributed by atoms with E-state index in [1.807, 2.05) is 6.92 Å². The fourth-order valence-electron chi connectivity index (χ4n) is 2.81. The highest BCUT2D eigenvalue weighted by molar-refractivity contribution is 4.95. The predicted octanol–water partition coefficient (Wildman–Crippen LogP) is 3.84. The van der Waals surface area contributed by atoms with Gasteiger partial charge >= 0.3 is 0 Å². The SMILES string of the molecule is CC#CCCNCC1CCC(C(C)(C)C)CC1. The first kappa shape index (κ1) is 14.6. The zero-order valence-corrected chi connectivity index (χ0v) is 12.1. The molecule has 0 saturated heterocycles. The standard InChI is InChI=1S/C16H29N/c1-5-6-7-12-17-13-14-8-10-15(11-9-14)16(2,3)4/h14-15,17H,7-13H2,1-4H3. The lowest BCUT2D eigenvalue weighted by Gasteiger charge is -2.37. The van der Waals surface area contributed by atoms with Gasteiger partial charge in [-0.3, -0.25) is 0 Å². The van der Waals surface area contributed by atoms with Crippen LogP contribution in [0.25, 0.3) is 0 Å². The highest BCUT2D eigenvalue weighted by atomic mass is 14.8. The molecule has 1 aliphatic rings. The Labute approximate surface area is 108 Å². The van der Waals surface area contributed by atoms with E-state index >= 15 is 0 Å². The molecule has 0 aliphatic heterocycles. The van der Waals surface area contributed by atoms with E-state index in [1.165, 1.54) is 32.2 Å². The lowest BCUT2D eigenvalue weighted by Crippen LogP contribution is -2.31. The summed E-state index contributed by atoms with van der Waals surface area (Å²) in [6, 6.07) is 0. The van der Waals surface area contributed by atoms with Crippen LogP contribution in [0.15, 0.2) is 0 Å². The molecule has 0 heterocycles. The Hall–Kier alpha value is -0.480. The van der Waals surface area contributed by atoms with E-state index in [0.717, 1.165) is 24.8 Å².